The van der Waals surface area contributed by atoms with Crippen LogP contribution in [0.3, 0.4) is 0 Å². The van der Waals surface area contributed by atoms with E-state index in [9.17, 15) is 13.6 Å². The minimum atomic E-state index is -0.948. The summed E-state index contributed by atoms with van der Waals surface area (Å²) in [5.41, 5.74) is 0.817. The highest BCUT2D eigenvalue weighted by molar-refractivity contribution is 6.35. The van der Waals surface area contributed by atoms with E-state index in [1.807, 2.05) is 0 Å². The summed E-state index contributed by atoms with van der Waals surface area (Å²) in [5, 5.41) is 0.703. The van der Waals surface area contributed by atoms with E-state index in [0.29, 0.717) is 21.2 Å². The molecule has 0 aromatic heterocycles. The predicted octanol–water partition coefficient (Wildman–Crippen LogP) is 5.10. The SMILES string of the molecule is CC(c1ccc(F)c(F)c1)N(C)C(=O)c1cc(Cl)cc(Cl)c1. The quantitative estimate of drug-likeness (QED) is 0.758. The molecule has 1 amide bonds. The average Bonchev–Trinajstić information content (AvgIpc) is 2.46. The Hall–Kier alpha value is -1.65. The molecule has 6 heteroatoms. The van der Waals surface area contributed by atoms with Gasteiger partial charge in [-0.05, 0) is 42.8 Å². The lowest BCUT2D eigenvalue weighted by Crippen LogP contribution is -2.29. The summed E-state index contributed by atoms with van der Waals surface area (Å²) < 4.78 is 26.3. The topological polar surface area (TPSA) is 20.3 Å². The number of rotatable bonds is 3. The molecule has 0 saturated carbocycles. The molecular weight excluding hydrogens is 331 g/mol. The summed E-state index contributed by atoms with van der Waals surface area (Å²) in [6.07, 6.45) is 0. The Bertz CT molecular complexity index is 701. The van der Waals surface area contributed by atoms with Crippen LogP contribution in [0.15, 0.2) is 36.4 Å². The monoisotopic (exact) mass is 343 g/mol. The van der Waals surface area contributed by atoms with Crippen LogP contribution < -0.4 is 0 Å². The van der Waals surface area contributed by atoms with Crippen LogP contribution in [-0.2, 0) is 0 Å². The Kier molecular flexibility index (Phi) is 5.04. The molecule has 2 rings (SSSR count). The second-order valence-corrected chi connectivity index (χ2v) is 5.80. The summed E-state index contributed by atoms with van der Waals surface area (Å²) in [4.78, 5) is 13.9. The van der Waals surface area contributed by atoms with Crippen molar-refractivity contribution in [3.05, 3.63) is 69.2 Å². The van der Waals surface area contributed by atoms with Gasteiger partial charge >= 0.3 is 0 Å². The van der Waals surface area contributed by atoms with E-state index in [1.165, 1.54) is 29.2 Å². The summed E-state index contributed by atoms with van der Waals surface area (Å²) >= 11 is 11.8. The number of carbonyl (C=O) groups excluding carboxylic acids is 1. The zero-order valence-corrected chi connectivity index (χ0v) is 13.4. The van der Waals surface area contributed by atoms with Crippen molar-refractivity contribution in [2.45, 2.75) is 13.0 Å². The van der Waals surface area contributed by atoms with Crippen molar-refractivity contribution >= 4 is 29.1 Å². The summed E-state index contributed by atoms with van der Waals surface area (Å²) in [7, 11) is 1.57. The number of hydrogen-bond acceptors (Lipinski definition) is 1. The van der Waals surface area contributed by atoms with Gasteiger partial charge in [-0.2, -0.15) is 0 Å². The van der Waals surface area contributed by atoms with E-state index in [4.69, 9.17) is 23.2 Å². The molecule has 0 fully saturated rings. The Balaban J connectivity index is 2.27. The van der Waals surface area contributed by atoms with Gasteiger partial charge in [0.2, 0.25) is 0 Å². The van der Waals surface area contributed by atoms with Crippen molar-refractivity contribution < 1.29 is 13.6 Å². The van der Waals surface area contributed by atoms with Gasteiger partial charge in [0.25, 0.3) is 5.91 Å². The molecule has 1 atom stereocenters. The first-order chi connectivity index (χ1) is 10.3. The lowest BCUT2D eigenvalue weighted by Gasteiger charge is -2.25. The number of nitrogens with zero attached hydrogens (tertiary/aromatic N) is 1. The summed E-state index contributed by atoms with van der Waals surface area (Å²) in [5.74, 6) is -2.19. The first kappa shape index (κ1) is 16.7. The van der Waals surface area contributed by atoms with Crippen LogP contribution in [0.5, 0.6) is 0 Å². The molecule has 0 heterocycles. The van der Waals surface area contributed by atoms with Crippen molar-refractivity contribution in [2.24, 2.45) is 0 Å². The standard InChI is InChI=1S/C16H13Cl2F2NO/c1-9(10-3-4-14(19)15(20)7-10)21(2)16(22)11-5-12(17)8-13(18)6-11/h3-9H,1-2H3. The molecule has 2 aromatic rings. The van der Waals surface area contributed by atoms with Crippen LogP contribution in [0.4, 0.5) is 8.78 Å². The minimum Gasteiger partial charge on any atom is -0.335 e. The Labute approximate surface area is 137 Å². The Morgan fingerprint density at radius 2 is 1.64 bits per heavy atom. The molecule has 0 saturated heterocycles. The molecule has 0 aliphatic carbocycles. The van der Waals surface area contributed by atoms with Gasteiger partial charge in [0.15, 0.2) is 11.6 Å². The lowest BCUT2D eigenvalue weighted by molar-refractivity contribution is 0.0742. The van der Waals surface area contributed by atoms with Crippen molar-refractivity contribution in [3.8, 4) is 0 Å². The fourth-order valence-corrected chi connectivity index (χ4v) is 2.58. The number of benzene rings is 2. The van der Waals surface area contributed by atoms with Gasteiger partial charge in [-0.1, -0.05) is 29.3 Å². The largest absolute Gasteiger partial charge is 0.335 e. The van der Waals surface area contributed by atoms with Gasteiger partial charge in [0, 0.05) is 22.7 Å². The molecule has 0 radical (unpaired) electrons. The molecule has 0 aliphatic rings. The van der Waals surface area contributed by atoms with Crippen LogP contribution >= 0.6 is 23.2 Å². The van der Waals surface area contributed by atoms with Crippen LogP contribution in [0.2, 0.25) is 10.0 Å². The maximum Gasteiger partial charge on any atom is 0.254 e. The van der Waals surface area contributed by atoms with E-state index >= 15 is 0 Å². The Morgan fingerprint density at radius 1 is 1.05 bits per heavy atom. The number of amides is 1. The molecular formula is C16H13Cl2F2NO. The maximum atomic E-state index is 13.3. The van der Waals surface area contributed by atoms with E-state index in [0.717, 1.165) is 12.1 Å². The molecule has 0 bridgehead atoms. The van der Waals surface area contributed by atoms with E-state index in [1.54, 1.807) is 14.0 Å². The first-order valence-electron chi connectivity index (χ1n) is 6.48. The first-order valence-corrected chi connectivity index (χ1v) is 7.23. The molecule has 116 valence electrons. The normalized spacial score (nSPS) is 12.1. The number of hydrogen-bond donors (Lipinski definition) is 0. The van der Waals surface area contributed by atoms with Crippen molar-refractivity contribution in [3.63, 3.8) is 0 Å². The van der Waals surface area contributed by atoms with Crippen LogP contribution in [0, 0.1) is 11.6 Å². The third kappa shape index (κ3) is 3.57. The highest BCUT2D eigenvalue weighted by Gasteiger charge is 2.20. The van der Waals surface area contributed by atoms with Gasteiger partial charge in [0.05, 0.1) is 6.04 Å². The van der Waals surface area contributed by atoms with Gasteiger partial charge in [0.1, 0.15) is 0 Å². The fourth-order valence-electron chi connectivity index (χ4n) is 2.05. The second kappa shape index (κ2) is 6.63. The number of carbonyl (C=O) groups is 1. The summed E-state index contributed by atoms with van der Waals surface area (Å²) in [6, 6.07) is 7.65. The van der Waals surface area contributed by atoms with Gasteiger partial charge < -0.3 is 4.90 Å². The molecule has 0 N–H and O–H groups in total. The number of halogens is 4. The van der Waals surface area contributed by atoms with Gasteiger partial charge in [-0.15, -0.1) is 0 Å². The van der Waals surface area contributed by atoms with Gasteiger partial charge in [-0.3, -0.25) is 4.79 Å². The third-order valence-corrected chi connectivity index (χ3v) is 3.87. The molecule has 0 aliphatic heterocycles. The highest BCUT2D eigenvalue weighted by Crippen LogP contribution is 2.25. The molecule has 1 unspecified atom stereocenters. The molecule has 2 aromatic carbocycles. The summed E-state index contributed by atoms with van der Waals surface area (Å²) in [6.45, 7) is 1.72. The minimum absolute atomic E-state index is 0.318. The smallest absolute Gasteiger partial charge is 0.254 e. The van der Waals surface area contributed by atoms with Crippen molar-refractivity contribution in [2.75, 3.05) is 7.05 Å². The molecule has 2 nitrogen and oxygen atoms in total. The van der Waals surface area contributed by atoms with Crippen molar-refractivity contribution in [1.29, 1.82) is 0 Å². The van der Waals surface area contributed by atoms with Crippen LogP contribution in [0.25, 0.3) is 0 Å². The van der Waals surface area contributed by atoms with E-state index in [-0.39, 0.29) is 5.91 Å². The van der Waals surface area contributed by atoms with Crippen LogP contribution in [-0.4, -0.2) is 17.9 Å². The van der Waals surface area contributed by atoms with E-state index < -0.39 is 17.7 Å². The fraction of sp³-hybridized carbons (Fsp3) is 0.188. The maximum absolute atomic E-state index is 13.3. The van der Waals surface area contributed by atoms with E-state index in [2.05, 4.69) is 0 Å². The Morgan fingerprint density at radius 3 is 2.18 bits per heavy atom. The zero-order chi connectivity index (χ0) is 16.4. The lowest BCUT2D eigenvalue weighted by atomic mass is 10.1. The third-order valence-electron chi connectivity index (χ3n) is 3.44. The highest BCUT2D eigenvalue weighted by atomic mass is 35.5. The molecule has 22 heavy (non-hydrogen) atoms. The molecule has 0 spiro atoms. The zero-order valence-electron chi connectivity index (χ0n) is 11.9. The predicted molar refractivity (Wildman–Crippen MR) is 83.3 cm³/mol. The van der Waals surface area contributed by atoms with Crippen LogP contribution in [0.1, 0.15) is 28.9 Å². The second-order valence-electron chi connectivity index (χ2n) is 4.92. The van der Waals surface area contributed by atoms with Crippen molar-refractivity contribution in [1.82, 2.24) is 4.90 Å². The average molecular weight is 344 g/mol. The van der Waals surface area contributed by atoms with Gasteiger partial charge in [-0.25, -0.2) is 8.78 Å².